The second-order valence-electron chi connectivity index (χ2n) is 3.79. The van der Waals surface area contributed by atoms with Crippen LogP contribution in [0.15, 0.2) is 42.5 Å². The minimum atomic E-state index is 0.753. The fourth-order valence-electron chi connectivity index (χ4n) is 1.52. The summed E-state index contributed by atoms with van der Waals surface area (Å²) in [6.07, 6.45) is 1.04. The first kappa shape index (κ1) is 12.2. The minimum Gasteiger partial charge on any atom is -0.456 e. The zero-order chi connectivity index (χ0) is 12.3. The summed E-state index contributed by atoms with van der Waals surface area (Å²) in [7, 11) is 0. The number of aryl methyl sites for hydroxylation is 1. The second-order valence-corrected chi connectivity index (χ2v) is 4.95. The van der Waals surface area contributed by atoms with Gasteiger partial charge in [-0.1, -0.05) is 19.1 Å². The molecule has 0 saturated carbocycles. The maximum Gasteiger partial charge on any atom is 0.140 e. The summed E-state index contributed by atoms with van der Waals surface area (Å²) in [5.74, 6) is 1.69. The molecule has 0 aliphatic rings. The fourth-order valence-corrected chi connectivity index (χ4v) is 2.17. The molecule has 2 nitrogen and oxygen atoms in total. The van der Waals surface area contributed by atoms with E-state index in [0.717, 1.165) is 27.2 Å². The van der Waals surface area contributed by atoms with Crippen LogP contribution >= 0.6 is 22.6 Å². The van der Waals surface area contributed by atoms with E-state index in [1.807, 2.05) is 30.3 Å². The molecule has 0 aliphatic carbocycles. The molecule has 0 radical (unpaired) electrons. The predicted molar refractivity (Wildman–Crippen MR) is 79.5 cm³/mol. The van der Waals surface area contributed by atoms with Gasteiger partial charge in [-0.05, 0) is 64.9 Å². The van der Waals surface area contributed by atoms with Crippen LogP contribution < -0.4 is 10.5 Å². The predicted octanol–water partition coefficient (Wildman–Crippen LogP) is 4.23. The number of rotatable bonds is 3. The third-order valence-corrected chi connectivity index (χ3v) is 3.36. The van der Waals surface area contributed by atoms with E-state index in [1.54, 1.807) is 0 Å². The van der Waals surface area contributed by atoms with E-state index in [4.69, 9.17) is 10.5 Å². The SMILES string of the molecule is CCc1ccc(Oc2ccc(N)cc2I)cc1. The van der Waals surface area contributed by atoms with E-state index in [9.17, 15) is 0 Å². The normalized spacial score (nSPS) is 10.2. The average molecular weight is 339 g/mol. The van der Waals surface area contributed by atoms with Gasteiger partial charge >= 0.3 is 0 Å². The Balaban J connectivity index is 2.19. The molecule has 0 fully saturated rings. The van der Waals surface area contributed by atoms with Crippen LogP contribution in [-0.2, 0) is 6.42 Å². The molecule has 2 aromatic rings. The summed E-state index contributed by atoms with van der Waals surface area (Å²) in [4.78, 5) is 0. The van der Waals surface area contributed by atoms with E-state index in [1.165, 1.54) is 5.56 Å². The molecule has 0 atom stereocenters. The zero-order valence-corrected chi connectivity index (χ0v) is 11.8. The van der Waals surface area contributed by atoms with Crippen molar-refractivity contribution in [2.75, 3.05) is 5.73 Å². The van der Waals surface area contributed by atoms with Crippen LogP contribution in [0.3, 0.4) is 0 Å². The standard InChI is InChI=1S/C14H14INO/c1-2-10-3-6-12(7-4-10)17-14-8-5-11(16)9-13(14)15/h3-9H,2,16H2,1H3. The fraction of sp³-hybridized carbons (Fsp3) is 0.143. The van der Waals surface area contributed by atoms with Crippen molar-refractivity contribution in [2.45, 2.75) is 13.3 Å². The van der Waals surface area contributed by atoms with Crippen LogP contribution in [0, 0.1) is 3.57 Å². The quantitative estimate of drug-likeness (QED) is 0.671. The molecule has 0 aromatic heterocycles. The van der Waals surface area contributed by atoms with E-state index in [0.29, 0.717) is 0 Å². The van der Waals surface area contributed by atoms with Gasteiger partial charge in [0.1, 0.15) is 11.5 Å². The molecular formula is C14H14INO. The first-order valence-electron chi connectivity index (χ1n) is 5.51. The van der Waals surface area contributed by atoms with Gasteiger partial charge in [0.05, 0.1) is 3.57 Å². The summed E-state index contributed by atoms with van der Waals surface area (Å²) < 4.78 is 6.82. The van der Waals surface area contributed by atoms with Crippen molar-refractivity contribution < 1.29 is 4.74 Å². The van der Waals surface area contributed by atoms with Gasteiger partial charge in [0.25, 0.3) is 0 Å². The Labute approximate surface area is 115 Å². The molecule has 2 N–H and O–H groups in total. The van der Waals surface area contributed by atoms with Crippen molar-refractivity contribution in [2.24, 2.45) is 0 Å². The molecule has 0 aliphatic heterocycles. The van der Waals surface area contributed by atoms with Gasteiger partial charge in [-0.3, -0.25) is 0 Å². The molecular weight excluding hydrogens is 325 g/mol. The molecule has 0 heterocycles. The maximum atomic E-state index is 5.80. The van der Waals surface area contributed by atoms with Gasteiger partial charge < -0.3 is 10.5 Å². The van der Waals surface area contributed by atoms with Crippen LogP contribution in [0.4, 0.5) is 5.69 Å². The summed E-state index contributed by atoms with van der Waals surface area (Å²) in [6, 6.07) is 13.8. The lowest BCUT2D eigenvalue weighted by Gasteiger charge is -2.08. The van der Waals surface area contributed by atoms with Gasteiger partial charge in [0.15, 0.2) is 0 Å². The first-order chi connectivity index (χ1) is 8.19. The Kier molecular flexibility index (Phi) is 3.89. The Morgan fingerprint density at radius 3 is 2.41 bits per heavy atom. The largest absolute Gasteiger partial charge is 0.456 e. The summed E-state index contributed by atoms with van der Waals surface area (Å²) >= 11 is 2.22. The lowest BCUT2D eigenvalue weighted by atomic mass is 10.2. The lowest BCUT2D eigenvalue weighted by molar-refractivity contribution is 0.479. The van der Waals surface area contributed by atoms with Crippen molar-refractivity contribution >= 4 is 28.3 Å². The highest BCUT2D eigenvalue weighted by Crippen LogP contribution is 2.28. The van der Waals surface area contributed by atoms with Crippen molar-refractivity contribution in [3.8, 4) is 11.5 Å². The van der Waals surface area contributed by atoms with Gasteiger partial charge in [-0.25, -0.2) is 0 Å². The van der Waals surface area contributed by atoms with Gasteiger partial charge in [-0.2, -0.15) is 0 Å². The third kappa shape index (κ3) is 3.12. The number of hydrogen-bond acceptors (Lipinski definition) is 2. The van der Waals surface area contributed by atoms with E-state index < -0.39 is 0 Å². The zero-order valence-electron chi connectivity index (χ0n) is 9.61. The highest BCUT2D eigenvalue weighted by molar-refractivity contribution is 14.1. The smallest absolute Gasteiger partial charge is 0.140 e. The number of benzene rings is 2. The summed E-state index contributed by atoms with van der Waals surface area (Å²) in [6.45, 7) is 2.14. The van der Waals surface area contributed by atoms with E-state index in [-0.39, 0.29) is 0 Å². The van der Waals surface area contributed by atoms with Crippen molar-refractivity contribution in [3.63, 3.8) is 0 Å². The monoisotopic (exact) mass is 339 g/mol. The Morgan fingerprint density at radius 2 is 1.82 bits per heavy atom. The molecule has 0 bridgehead atoms. The molecule has 3 heteroatoms. The van der Waals surface area contributed by atoms with Crippen LogP contribution in [-0.4, -0.2) is 0 Å². The summed E-state index contributed by atoms with van der Waals surface area (Å²) in [5, 5.41) is 0. The molecule has 0 saturated heterocycles. The molecule has 0 spiro atoms. The van der Waals surface area contributed by atoms with E-state index >= 15 is 0 Å². The number of anilines is 1. The topological polar surface area (TPSA) is 35.2 Å². The molecule has 0 amide bonds. The van der Waals surface area contributed by atoms with Crippen molar-refractivity contribution in [3.05, 3.63) is 51.6 Å². The Bertz CT molecular complexity index is 508. The Morgan fingerprint density at radius 1 is 1.12 bits per heavy atom. The number of hydrogen-bond donors (Lipinski definition) is 1. The summed E-state index contributed by atoms with van der Waals surface area (Å²) in [5.41, 5.74) is 7.76. The van der Waals surface area contributed by atoms with Gasteiger partial charge in [-0.15, -0.1) is 0 Å². The van der Waals surface area contributed by atoms with Crippen molar-refractivity contribution in [1.29, 1.82) is 0 Å². The molecule has 17 heavy (non-hydrogen) atoms. The third-order valence-electron chi connectivity index (χ3n) is 2.52. The first-order valence-corrected chi connectivity index (χ1v) is 6.58. The molecule has 88 valence electrons. The second kappa shape index (κ2) is 5.40. The van der Waals surface area contributed by atoms with Gasteiger partial charge in [0.2, 0.25) is 0 Å². The number of halogens is 1. The lowest BCUT2D eigenvalue weighted by Crippen LogP contribution is -1.90. The van der Waals surface area contributed by atoms with Gasteiger partial charge in [0, 0.05) is 5.69 Å². The van der Waals surface area contributed by atoms with Crippen molar-refractivity contribution in [1.82, 2.24) is 0 Å². The van der Waals surface area contributed by atoms with E-state index in [2.05, 4.69) is 41.6 Å². The molecule has 2 rings (SSSR count). The highest BCUT2D eigenvalue weighted by atomic mass is 127. The maximum absolute atomic E-state index is 5.80. The number of nitrogens with two attached hydrogens (primary N) is 1. The highest BCUT2D eigenvalue weighted by Gasteiger charge is 2.02. The van der Waals surface area contributed by atoms with Crippen LogP contribution in [0.1, 0.15) is 12.5 Å². The minimum absolute atomic E-state index is 0.753. The number of ether oxygens (including phenoxy) is 1. The van der Waals surface area contributed by atoms with Crippen LogP contribution in [0.5, 0.6) is 11.5 Å². The number of nitrogen functional groups attached to an aromatic ring is 1. The van der Waals surface area contributed by atoms with Crippen LogP contribution in [0.2, 0.25) is 0 Å². The molecule has 2 aromatic carbocycles. The Hall–Kier alpha value is -1.23. The average Bonchev–Trinajstić information content (AvgIpc) is 2.34. The van der Waals surface area contributed by atoms with Crippen LogP contribution in [0.25, 0.3) is 0 Å². The molecule has 0 unspecified atom stereocenters.